The number of benzene rings is 2. The van der Waals surface area contributed by atoms with Crippen LogP contribution in [0.5, 0.6) is 0 Å². The molecular formula is C17H14ClF3N2. The molecule has 2 nitrogen and oxygen atoms in total. The van der Waals surface area contributed by atoms with Crippen LogP contribution in [0.3, 0.4) is 0 Å². The third-order valence-electron chi connectivity index (χ3n) is 2.94. The van der Waals surface area contributed by atoms with Crippen molar-refractivity contribution in [1.82, 2.24) is 0 Å². The molecule has 6 heteroatoms. The zero-order chi connectivity index (χ0) is 16.9. The van der Waals surface area contributed by atoms with E-state index < -0.39 is 11.7 Å². The molecule has 0 atom stereocenters. The fourth-order valence-electron chi connectivity index (χ4n) is 1.84. The number of alkyl halides is 3. The summed E-state index contributed by atoms with van der Waals surface area (Å²) in [5.41, 5.74) is 3.71. The van der Waals surface area contributed by atoms with Crippen LogP contribution in [0.2, 0.25) is 5.02 Å². The summed E-state index contributed by atoms with van der Waals surface area (Å²) in [6.07, 6.45) is -1.00. The molecule has 2 rings (SSSR count). The highest BCUT2D eigenvalue weighted by atomic mass is 35.5. The normalized spacial score (nSPS) is 12.7. The number of hydrazone groups is 1. The van der Waals surface area contributed by atoms with Crippen molar-refractivity contribution in [3.63, 3.8) is 0 Å². The van der Waals surface area contributed by atoms with Crippen LogP contribution in [0, 0.1) is 0 Å². The van der Waals surface area contributed by atoms with Gasteiger partial charge in [0.2, 0.25) is 0 Å². The van der Waals surface area contributed by atoms with Crippen molar-refractivity contribution in [2.24, 2.45) is 5.10 Å². The summed E-state index contributed by atoms with van der Waals surface area (Å²) in [6, 6.07) is 12.7. The van der Waals surface area contributed by atoms with Crippen LogP contribution in [-0.2, 0) is 6.18 Å². The number of hydrogen-bond donors (Lipinski definition) is 1. The van der Waals surface area contributed by atoms with E-state index in [2.05, 4.69) is 10.5 Å². The van der Waals surface area contributed by atoms with Crippen molar-refractivity contribution in [3.05, 3.63) is 70.3 Å². The zero-order valence-corrected chi connectivity index (χ0v) is 13.0. The van der Waals surface area contributed by atoms with Crippen LogP contribution in [0.4, 0.5) is 18.9 Å². The molecule has 1 N–H and O–H groups in total. The van der Waals surface area contributed by atoms with E-state index in [9.17, 15) is 13.2 Å². The van der Waals surface area contributed by atoms with E-state index in [4.69, 9.17) is 11.6 Å². The number of allylic oxidation sites excluding steroid dienone is 1. The number of rotatable bonds is 4. The molecule has 2 aromatic carbocycles. The van der Waals surface area contributed by atoms with Crippen molar-refractivity contribution < 1.29 is 13.2 Å². The van der Waals surface area contributed by atoms with Gasteiger partial charge in [-0.05, 0) is 36.3 Å². The van der Waals surface area contributed by atoms with Gasteiger partial charge in [-0.25, -0.2) is 0 Å². The molecule has 0 amide bonds. The summed E-state index contributed by atoms with van der Waals surface area (Å²) in [5, 5.41) is 4.09. The van der Waals surface area contributed by atoms with Crippen LogP contribution in [0.25, 0.3) is 6.08 Å². The van der Waals surface area contributed by atoms with Crippen LogP contribution < -0.4 is 5.43 Å². The molecule has 0 unspecified atom stereocenters. The molecule has 0 spiro atoms. The number of nitrogens with zero attached hydrogens (tertiary/aromatic N) is 1. The molecule has 0 aliphatic rings. The lowest BCUT2D eigenvalue weighted by molar-refractivity contribution is -0.137. The summed E-state index contributed by atoms with van der Waals surface area (Å²) >= 11 is 5.87. The highest BCUT2D eigenvalue weighted by molar-refractivity contribution is 6.33. The molecule has 0 aliphatic heterocycles. The van der Waals surface area contributed by atoms with Crippen LogP contribution >= 0.6 is 11.6 Å². The second kappa shape index (κ2) is 7.33. The predicted molar refractivity (Wildman–Crippen MR) is 88.7 cm³/mol. The van der Waals surface area contributed by atoms with Crippen LogP contribution in [0.15, 0.2) is 59.2 Å². The third kappa shape index (κ3) is 5.14. The Balaban J connectivity index is 2.10. The molecule has 120 valence electrons. The molecule has 0 fully saturated rings. The summed E-state index contributed by atoms with van der Waals surface area (Å²) in [6.45, 7) is 1.84. The number of nitrogens with one attached hydrogen (secondary N) is 1. The summed E-state index contributed by atoms with van der Waals surface area (Å²) < 4.78 is 38.0. The third-order valence-corrected chi connectivity index (χ3v) is 3.27. The van der Waals surface area contributed by atoms with E-state index >= 15 is 0 Å². The minimum Gasteiger partial charge on any atom is -0.277 e. The van der Waals surface area contributed by atoms with Crippen molar-refractivity contribution in [2.45, 2.75) is 13.1 Å². The molecule has 2 aromatic rings. The maximum Gasteiger partial charge on any atom is 0.416 e. The molecule has 0 radical (unpaired) electrons. The fourth-order valence-corrected chi connectivity index (χ4v) is 2.00. The lowest BCUT2D eigenvalue weighted by Crippen LogP contribution is -2.05. The molecule has 0 saturated carbocycles. The molecule has 0 aromatic heterocycles. The van der Waals surface area contributed by atoms with E-state index in [1.54, 1.807) is 0 Å². The Morgan fingerprint density at radius 3 is 2.48 bits per heavy atom. The number of anilines is 1. The standard InChI is InChI=1S/C17H14ClF3N2/c1-12(9-13-5-3-2-4-6-13)11-22-23-16-10-14(17(19,20)21)7-8-15(16)18/h2-11,23H,1H3/b12-9+,22-11-. The van der Waals surface area contributed by atoms with Gasteiger partial charge in [-0.2, -0.15) is 18.3 Å². The van der Waals surface area contributed by atoms with E-state index in [0.29, 0.717) is 0 Å². The summed E-state index contributed by atoms with van der Waals surface area (Å²) in [7, 11) is 0. The minimum atomic E-state index is -4.42. The maximum atomic E-state index is 12.7. The predicted octanol–water partition coefficient (Wildman–Crippen LogP) is 5.86. The number of hydrogen-bond acceptors (Lipinski definition) is 2. The second-order valence-electron chi connectivity index (χ2n) is 4.86. The quantitative estimate of drug-likeness (QED) is 0.548. The topological polar surface area (TPSA) is 24.4 Å². The SMILES string of the molecule is CC(/C=N\Nc1cc(C(F)(F)F)ccc1Cl)=C\c1ccccc1. The van der Waals surface area contributed by atoms with Gasteiger partial charge < -0.3 is 0 Å². The van der Waals surface area contributed by atoms with Gasteiger partial charge in [0, 0.05) is 0 Å². The van der Waals surface area contributed by atoms with Gasteiger partial charge in [0.1, 0.15) is 0 Å². The van der Waals surface area contributed by atoms with Gasteiger partial charge in [0.05, 0.1) is 22.5 Å². The Morgan fingerprint density at radius 1 is 1.13 bits per heavy atom. The van der Waals surface area contributed by atoms with Crippen molar-refractivity contribution in [1.29, 1.82) is 0 Å². The van der Waals surface area contributed by atoms with E-state index in [-0.39, 0.29) is 10.7 Å². The second-order valence-corrected chi connectivity index (χ2v) is 5.27. The van der Waals surface area contributed by atoms with Gasteiger partial charge in [-0.15, -0.1) is 0 Å². The van der Waals surface area contributed by atoms with Gasteiger partial charge in [-0.1, -0.05) is 48.0 Å². The average molecular weight is 339 g/mol. The monoisotopic (exact) mass is 338 g/mol. The fraction of sp³-hybridized carbons (Fsp3) is 0.118. The van der Waals surface area contributed by atoms with Crippen molar-refractivity contribution in [3.8, 4) is 0 Å². The van der Waals surface area contributed by atoms with E-state index in [1.807, 2.05) is 43.3 Å². The van der Waals surface area contributed by atoms with Crippen LogP contribution in [0.1, 0.15) is 18.1 Å². The minimum absolute atomic E-state index is 0.102. The van der Waals surface area contributed by atoms with Crippen molar-refractivity contribution in [2.75, 3.05) is 5.43 Å². The lowest BCUT2D eigenvalue weighted by Gasteiger charge is -2.09. The molecule has 0 bridgehead atoms. The Morgan fingerprint density at radius 2 is 1.83 bits per heavy atom. The van der Waals surface area contributed by atoms with Gasteiger partial charge in [-0.3, -0.25) is 5.43 Å². The zero-order valence-electron chi connectivity index (χ0n) is 12.2. The first-order chi connectivity index (χ1) is 10.9. The highest BCUT2D eigenvalue weighted by Crippen LogP contribution is 2.33. The summed E-state index contributed by atoms with van der Waals surface area (Å²) in [4.78, 5) is 0. The highest BCUT2D eigenvalue weighted by Gasteiger charge is 2.30. The van der Waals surface area contributed by atoms with Gasteiger partial charge >= 0.3 is 6.18 Å². The van der Waals surface area contributed by atoms with Gasteiger partial charge in [0.15, 0.2) is 0 Å². The first kappa shape index (κ1) is 17.1. The first-order valence-corrected chi connectivity index (χ1v) is 7.13. The Labute approximate surface area is 137 Å². The Hall–Kier alpha value is -2.27. The molecular weight excluding hydrogens is 325 g/mol. The van der Waals surface area contributed by atoms with Crippen molar-refractivity contribution >= 4 is 29.6 Å². The first-order valence-electron chi connectivity index (χ1n) is 6.75. The number of halogens is 4. The molecule has 23 heavy (non-hydrogen) atoms. The van der Waals surface area contributed by atoms with Crippen LogP contribution in [-0.4, -0.2) is 6.21 Å². The Kier molecular flexibility index (Phi) is 5.45. The lowest BCUT2D eigenvalue weighted by atomic mass is 10.1. The van der Waals surface area contributed by atoms with E-state index in [0.717, 1.165) is 23.3 Å². The smallest absolute Gasteiger partial charge is 0.277 e. The van der Waals surface area contributed by atoms with Gasteiger partial charge in [0.25, 0.3) is 0 Å². The largest absolute Gasteiger partial charge is 0.416 e. The Bertz CT molecular complexity index is 722. The van der Waals surface area contributed by atoms with E-state index in [1.165, 1.54) is 12.3 Å². The molecule has 0 heterocycles. The maximum absolute atomic E-state index is 12.7. The molecule has 0 aliphatic carbocycles. The summed E-state index contributed by atoms with van der Waals surface area (Å²) in [5.74, 6) is 0. The average Bonchev–Trinajstić information content (AvgIpc) is 2.49. The molecule has 0 saturated heterocycles.